The van der Waals surface area contributed by atoms with Crippen molar-refractivity contribution in [2.24, 2.45) is 0 Å². The lowest BCUT2D eigenvalue weighted by atomic mass is 10.0. The van der Waals surface area contributed by atoms with E-state index in [0.29, 0.717) is 12.1 Å². The third kappa shape index (κ3) is 4.24. The minimum absolute atomic E-state index is 0.492. The van der Waals surface area contributed by atoms with Crippen LogP contribution in [0.25, 0.3) is 11.1 Å². The summed E-state index contributed by atoms with van der Waals surface area (Å²) >= 11 is 0. The smallest absolute Gasteiger partial charge is 0.426 e. The van der Waals surface area contributed by atoms with Crippen molar-refractivity contribution in [3.05, 3.63) is 83.4 Å². The van der Waals surface area contributed by atoms with Crippen LogP contribution in [-0.4, -0.2) is 6.86 Å². The van der Waals surface area contributed by atoms with Crippen LogP contribution in [0.4, 0.5) is 22.0 Å². The molecule has 146 valence electrons. The largest absolute Gasteiger partial charge is 0.457 e. The van der Waals surface area contributed by atoms with E-state index in [1.807, 2.05) is 31.2 Å². The van der Waals surface area contributed by atoms with Crippen molar-refractivity contribution in [3.63, 3.8) is 0 Å². The maximum atomic E-state index is 14.4. The molecule has 0 unspecified atom stereocenters. The molecule has 0 saturated heterocycles. The molecule has 0 aliphatic rings. The lowest BCUT2D eigenvalue weighted by molar-refractivity contribution is -0.185. The van der Waals surface area contributed by atoms with Gasteiger partial charge in [0.2, 0.25) is 6.86 Å². The van der Waals surface area contributed by atoms with E-state index in [1.54, 1.807) is 0 Å². The summed E-state index contributed by atoms with van der Waals surface area (Å²) in [6, 6.07) is 13.9. The predicted octanol–water partition coefficient (Wildman–Crippen LogP) is 6.37. The van der Waals surface area contributed by atoms with Crippen LogP contribution in [0.1, 0.15) is 11.1 Å². The fourth-order valence-corrected chi connectivity index (χ4v) is 2.60. The molecule has 2 nitrogen and oxygen atoms in total. The van der Waals surface area contributed by atoms with Gasteiger partial charge in [-0.3, -0.25) is 0 Å². The van der Waals surface area contributed by atoms with E-state index in [4.69, 9.17) is 0 Å². The number of benzene rings is 3. The summed E-state index contributed by atoms with van der Waals surface area (Å²) in [6.45, 7) is 0.476. The van der Waals surface area contributed by atoms with Gasteiger partial charge in [0.25, 0.3) is 0 Å². The zero-order valence-corrected chi connectivity index (χ0v) is 14.7. The van der Waals surface area contributed by atoms with Gasteiger partial charge in [0.05, 0.1) is 5.56 Å². The average molecular weight is 394 g/mol. The number of hydrogen-bond donors (Lipinski definition) is 0. The van der Waals surface area contributed by atoms with E-state index < -0.39 is 41.7 Å². The van der Waals surface area contributed by atoms with E-state index in [2.05, 4.69) is 9.47 Å². The summed E-state index contributed by atoms with van der Waals surface area (Å²) in [6.07, 6.45) is -3.84. The molecular weight excluding hydrogens is 379 g/mol. The van der Waals surface area contributed by atoms with Crippen molar-refractivity contribution in [2.75, 3.05) is 6.86 Å². The molecule has 3 aromatic rings. The van der Waals surface area contributed by atoms with Crippen LogP contribution in [0.15, 0.2) is 60.7 Å². The van der Waals surface area contributed by atoms with E-state index in [-0.39, 0.29) is 0 Å². The number of hydrogen-bond acceptors (Lipinski definition) is 2. The first-order valence-electron chi connectivity index (χ1n) is 8.22. The number of aryl methyl sites for hydroxylation is 1. The van der Waals surface area contributed by atoms with Gasteiger partial charge in [0.1, 0.15) is 5.75 Å². The fourth-order valence-electron chi connectivity index (χ4n) is 2.60. The Morgan fingerprint density at radius 1 is 0.821 bits per heavy atom. The van der Waals surface area contributed by atoms with Crippen LogP contribution in [0.3, 0.4) is 0 Å². The van der Waals surface area contributed by atoms with Crippen LogP contribution in [0.5, 0.6) is 11.5 Å². The van der Waals surface area contributed by atoms with Gasteiger partial charge in [0, 0.05) is 12.1 Å². The van der Waals surface area contributed by atoms with Crippen LogP contribution in [0.2, 0.25) is 0 Å². The number of rotatable bonds is 6. The van der Waals surface area contributed by atoms with Crippen molar-refractivity contribution in [3.8, 4) is 22.6 Å². The Bertz CT molecular complexity index is 931. The maximum Gasteiger partial charge on any atom is 0.426 e. The number of halogens is 5. The molecule has 0 heterocycles. The molecule has 0 radical (unpaired) electrons. The van der Waals surface area contributed by atoms with Gasteiger partial charge in [-0.15, -0.1) is 0 Å². The second kappa shape index (κ2) is 7.88. The molecule has 3 rings (SSSR count). The molecule has 3 aromatic carbocycles. The van der Waals surface area contributed by atoms with Crippen LogP contribution in [0, 0.1) is 18.6 Å². The van der Waals surface area contributed by atoms with Crippen molar-refractivity contribution in [1.29, 1.82) is 0 Å². The Balaban J connectivity index is 1.82. The molecule has 0 aliphatic carbocycles. The molecule has 7 heteroatoms. The first-order valence-corrected chi connectivity index (χ1v) is 8.22. The Hall–Kier alpha value is -3.09. The monoisotopic (exact) mass is 394 g/mol. The second-order valence-corrected chi connectivity index (χ2v) is 6.03. The van der Waals surface area contributed by atoms with Crippen LogP contribution in [-0.2, 0) is 6.11 Å². The topological polar surface area (TPSA) is 18.5 Å². The Morgan fingerprint density at radius 2 is 1.32 bits per heavy atom. The fraction of sp³-hybridized carbons (Fsp3) is 0.143. The molecule has 0 bridgehead atoms. The number of alkyl halides is 3. The third-order valence-corrected chi connectivity index (χ3v) is 4.02. The van der Waals surface area contributed by atoms with E-state index in [0.717, 1.165) is 16.7 Å². The summed E-state index contributed by atoms with van der Waals surface area (Å²) in [5, 5.41) is 0. The summed E-state index contributed by atoms with van der Waals surface area (Å²) < 4.78 is 76.9. The van der Waals surface area contributed by atoms with Crippen molar-refractivity contribution < 1.29 is 31.4 Å². The van der Waals surface area contributed by atoms with Gasteiger partial charge in [0.15, 0.2) is 17.4 Å². The molecule has 0 spiro atoms. The Labute approximate surface area is 158 Å². The molecule has 0 amide bonds. The summed E-state index contributed by atoms with van der Waals surface area (Å²) in [5.41, 5.74) is 2.16. The van der Waals surface area contributed by atoms with Crippen molar-refractivity contribution in [1.82, 2.24) is 0 Å². The molecular formula is C21H15F5O2. The molecule has 0 aliphatic heterocycles. The normalized spacial score (nSPS) is 11.4. The Kier molecular flexibility index (Phi) is 5.53. The van der Waals surface area contributed by atoms with E-state index in [1.165, 1.54) is 24.3 Å². The summed E-state index contributed by atoms with van der Waals surface area (Å²) in [4.78, 5) is 0. The minimum atomic E-state index is -3.84. The van der Waals surface area contributed by atoms with Gasteiger partial charge in [-0.25, -0.2) is 13.2 Å². The lowest BCUT2D eigenvalue weighted by Crippen LogP contribution is -2.22. The molecule has 0 aromatic heterocycles. The van der Waals surface area contributed by atoms with Gasteiger partial charge in [-0.05, 0) is 30.2 Å². The molecule has 0 N–H and O–H groups in total. The van der Waals surface area contributed by atoms with E-state index in [9.17, 15) is 22.0 Å². The minimum Gasteiger partial charge on any atom is -0.457 e. The maximum absolute atomic E-state index is 14.4. The average Bonchev–Trinajstić information content (AvgIpc) is 2.65. The van der Waals surface area contributed by atoms with Crippen molar-refractivity contribution >= 4 is 0 Å². The zero-order chi connectivity index (χ0) is 20.3. The van der Waals surface area contributed by atoms with Crippen LogP contribution >= 0.6 is 0 Å². The SMILES string of the molecule is Cc1ccc(-c2ccc(C(F)(F)Oc3cc(F)c(OCF)c(F)c3)cc2)cc1. The van der Waals surface area contributed by atoms with Crippen molar-refractivity contribution in [2.45, 2.75) is 13.0 Å². The van der Waals surface area contributed by atoms with Gasteiger partial charge < -0.3 is 9.47 Å². The predicted molar refractivity (Wildman–Crippen MR) is 94.1 cm³/mol. The lowest BCUT2D eigenvalue weighted by Gasteiger charge is -2.19. The Morgan fingerprint density at radius 3 is 1.82 bits per heavy atom. The second-order valence-electron chi connectivity index (χ2n) is 6.03. The van der Waals surface area contributed by atoms with Gasteiger partial charge in [-0.2, -0.15) is 8.78 Å². The third-order valence-electron chi connectivity index (χ3n) is 4.02. The highest BCUT2D eigenvalue weighted by atomic mass is 19.3. The molecule has 0 fully saturated rings. The molecule has 0 saturated carbocycles. The first kappa shape index (κ1) is 19.7. The first-order chi connectivity index (χ1) is 13.3. The van der Waals surface area contributed by atoms with Crippen LogP contribution < -0.4 is 9.47 Å². The molecule has 0 atom stereocenters. The zero-order valence-electron chi connectivity index (χ0n) is 14.7. The van der Waals surface area contributed by atoms with E-state index >= 15 is 0 Å². The van der Waals surface area contributed by atoms with Gasteiger partial charge in [-0.1, -0.05) is 42.0 Å². The molecule has 28 heavy (non-hydrogen) atoms. The highest BCUT2D eigenvalue weighted by Gasteiger charge is 2.35. The highest BCUT2D eigenvalue weighted by molar-refractivity contribution is 5.64. The summed E-state index contributed by atoms with van der Waals surface area (Å²) in [5.74, 6) is -4.45. The summed E-state index contributed by atoms with van der Waals surface area (Å²) in [7, 11) is 0. The number of ether oxygens (including phenoxy) is 2. The standard InChI is InChI=1S/C21H15F5O2/c1-13-2-4-14(5-3-13)15-6-8-16(9-7-15)21(25,26)28-17-10-18(23)20(27-12-22)19(24)11-17/h2-11H,12H2,1H3. The quantitative estimate of drug-likeness (QED) is 0.452. The highest BCUT2D eigenvalue weighted by Crippen LogP contribution is 2.35. The van der Waals surface area contributed by atoms with Gasteiger partial charge >= 0.3 is 6.11 Å².